The van der Waals surface area contributed by atoms with Gasteiger partial charge in [-0.1, -0.05) is 83.2 Å². The maximum atomic E-state index is 3.98. The third-order valence-electron chi connectivity index (χ3n) is 6.51. The first-order valence-electron chi connectivity index (χ1n) is 10.8. The molecule has 2 rings (SSSR count). The van der Waals surface area contributed by atoms with Crippen LogP contribution in [0, 0.1) is 6.92 Å². The Morgan fingerprint density at radius 2 is 1.57 bits per heavy atom. The first kappa shape index (κ1) is 22.5. The van der Waals surface area contributed by atoms with Gasteiger partial charge in [-0.25, -0.2) is 0 Å². The fourth-order valence-electron chi connectivity index (χ4n) is 4.33. The third kappa shape index (κ3) is 4.96. The fraction of sp³-hybridized carbons (Fsp3) is 0.500. The number of hydrogen-bond acceptors (Lipinski definition) is 0. The molecule has 0 radical (unpaired) electrons. The Morgan fingerprint density at radius 3 is 2.11 bits per heavy atom. The minimum Gasteiger partial charge on any atom is -0.0985 e. The van der Waals surface area contributed by atoms with Gasteiger partial charge in [0.05, 0.1) is 0 Å². The van der Waals surface area contributed by atoms with Crippen LogP contribution in [0.5, 0.6) is 0 Å². The average molecular weight is 377 g/mol. The Balaban J connectivity index is 2.37. The zero-order chi connectivity index (χ0) is 21.1. The molecule has 28 heavy (non-hydrogen) atoms. The van der Waals surface area contributed by atoms with E-state index >= 15 is 0 Å². The van der Waals surface area contributed by atoms with Crippen molar-refractivity contribution in [1.29, 1.82) is 0 Å². The van der Waals surface area contributed by atoms with Gasteiger partial charge in [-0.2, -0.15) is 0 Å². The van der Waals surface area contributed by atoms with Gasteiger partial charge in [-0.3, -0.25) is 0 Å². The van der Waals surface area contributed by atoms with Gasteiger partial charge in [0.15, 0.2) is 0 Å². The van der Waals surface area contributed by atoms with Crippen molar-refractivity contribution in [3.05, 3.63) is 82.0 Å². The predicted octanol–water partition coefficient (Wildman–Crippen LogP) is 8.30. The lowest BCUT2D eigenvalue weighted by atomic mass is 9.62. The molecule has 0 heterocycles. The molecule has 0 bridgehead atoms. The van der Waals surface area contributed by atoms with E-state index in [9.17, 15) is 0 Å². The highest BCUT2D eigenvalue weighted by Gasteiger charge is 2.37. The third-order valence-corrected chi connectivity index (χ3v) is 6.51. The zero-order valence-electron chi connectivity index (χ0n) is 19.5. The summed E-state index contributed by atoms with van der Waals surface area (Å²) in [6, 6.07) is 4.97. The summed E-state index contributed by atoms with van der Waals surface area (Å²) >= 11 is 0. The van der Waals surface area contributed by atoms with Crippen LogP contribution in [0.2, 0.25) is 0 Å². The van der Waals surface area contributed by atoms with Crippen molar-refractivity contribution in [3.63, 3.8) is 0 Å². The minimum atomic E-state index is 0.267. The average Bonchev–Trinajstić information content (AvgIpc) is 2.61. The van der Waals surface area contributed by atoms with Crippen molar-refractivity contribution in [2.45, 2.75) is 91.9 Å². The number of rotatable bonds is 6. The monoisotopic (exact) mass is 376 g/mol. The Bertz CT molecular complexity index is 822. The highest BCUT2D eigenvalue weighted by molar-refractivity contribution is 5.48. The number of fused-ring (bicyclic) bond motifs is 1. The van der Waals surface area contributed by atoms with Crippen molar-refractivity contribution in [2.75, 3.05) is 0 Å². The van der Waals surface area contributed by atoms with E-state index in [1.807, 2.05) is 6.08 Å². The molecule has 152 valence electrons. The second-order valence-corrected chi connectivity index (χ2v) is 9.90. The van der Waals surface area contributed by atoms with Gasteiger partial charge in [0, 0.05) is 0 Å². The van der Waals surface area contributed by atoms with Gasteiger partial charge in [0.25, 0.3) is 0 Å². The van der Waals surface area contributed by atoms with Crippen molar-refractivity contribution >= 4 is 0 Å². The van der Waals surface area contributed by atoms with E-state index in [0.717, 1.165) is 12.8 Å². The topological polar surface area (TPSA) is 0 Å². The molecule has 0 aliphatic heterocycles. The quantitative estimate of drug-likeness (QED) is 0.438. The van der Waals surface area contributed by atoms with Crippen molar-refractivity contribution in [2.24, 2.45) is 0 Å². The van der Waals surface area contributed by atoms with Crippen LogP contribution in [0.15, 0.2) is 59.7 Å². The van der Waals surface area contributed by atoms with Gasteiger partial charge in [0.1, 0.15) is 0 Å². The van der Waals surface area contributed by atoms with Gasteiger partial charge >= 0.3 is 0 Å². The van der Waals surface area contributed by atoms with E-state index in [4.69, 9.17) is 0 Å². The smallest absolute Gasteiger partial charge is 0.00640 e. The van der Waals surface area contributed by atoms with Crippen molar-refractivity contribution in [3.8, 4) is 0 Å². The van der Waals surface area contributed by atoms with Crippen LogP contribution in [0.4, 0.5) is 0 Å². The van der Waals surface area contributed by atoms with Crippen LogP contribution in [-0.2, 0) is 17.3 Å². The minimum absolute atomic E-state index is 0.267. The standard InChI is InChI=1S/C28H40/c1-10-12-21(4)23(11-2)14-13-20(3)17-24-19-26-25(18-22(24)5)27(6,7)15-16-28(26,8)9/h11-14,18-19H,2,10,15-17H2,1,3-9H3/b20-13+,21-12+,23-14+. The lowest BCUT2D eigenvalue weighted by Gasteiger charge is -2.42. The van der Waals surface area contributed by atoms with Gasteiger partial charge in [-0.05, 0) is 90.7 Å². The number of benzene rings is 1. The molecule has 0 heteroatoms. The molecule has 0 unspecified atom stereocenters. The van der Waals surface area contributed by atoms with Crippen molar-refractivity contribution in [1.82, 2.24) is 0 Å². The number of hydrogen-bond donors (Lipinski definition) is 0. The summed E-state index contributed by atoms with van der Waals surface area (Å²) in [6.45, 7) is 22.5. The van der Waals surface area contributed by atoms with E-state index in [1.54, 1.807) is 11.1 Å². The summed E-state index contributed by atoms with van der Waals surface area (Å²) in [6.07, 6.45) is 13.3. The van der Waals surface area contributed by atoms with Crippen molar-refractivity contribution < 1.29 is 0 Å². The molecule has 1 aliphatic rings. The second kappa shape index (κ2) is 8.68. The molecule has 0 saturated carbocycles. The molecule has 1 aromatic rings. The molecular weight excluding hydrogens is 336 g/mol. The molecule has 0 N–H and O–H groups in total. The maximum absolute atomic E-state index is 3.98. The SMILES string of the molecule is C=CC(=C\C=C(/C)Cc1cc2c(cc1C)C(C)(C)CCC2(C)C)/C(C)=C/CC. The summed E-state index contributed by atoms with van der Waals surface area (Å²) in [5, 5.41) is 0. The summed E-state index contributed by atoms with van der Waals surface area (Å²) in [4.78, 5) is 0. The number of aryl methyl sites for hydroxylation is 1. The summed E-state index contributed by atoms with van der Waals surface area (Å²) in [7, 11) is 0. The van der Waals surface area contributed by atoms with Crippen LogP contribution in [0.25, 0.3) is 0 Å². The molecule has 0 nitrogen and oxygen atoms in total. The largest absolute Gasteiger partial charge is 0.0985 e. The van der Waals surface area contributed by atoms with Crippen LogP contribution in [0.3, 0.4) is 0 Å². The molecule has 1 aliphatic carbocycles. The Hall–Kier alpha value is -1.82. The maximum Gasteiger partial charge on any atom is -0.00640 e. The molecule has 0 fully saturated rings. The van der Waals surface area contributed by atoms with E-state index in [1.165, 1.54) is 40.7 Å². The molecule has 1 aromatic carbocycles. The van der Waals surface area contributed by atoms with Crippen LogP contribution >= 0.6 is 0 Å². The molecule has 0 atom stereocenters. The highest BCUT2D eigenvalue weighted by atomic mass is 14.4. The predicted molar refractivity (Wildman–Crippen MR) is 126 cm³/mol. The first-order chi connectivity index (χ1) is 13.0. The normalized spacial score (nSPS) is 19.4. The van der Waals surface area contributed by atoms with E-state index in [0.29, 0.717) is 0 Å². The van der Waals surface area contributed by atoms with E-state index < -0.39 is 0 Å². The lowest BCUT2D eigenvalue weighted by molar-refractivity contribution is 0.331. The van der Waals surface area contributed by atoms with Gasteiger partial charge in [-0.15, -0.1) is 0 Å². The zero-order valence-corrected chi connectivity index (χ0v) is 19.5. The lowest BCUT2D eigenvalue weighted by Crippen LogP contribution is -2.34. The van der Waals surface area contributed by atoms with Gasteiger partial charge < -0.3 is 0 Å². The summed E-state index contributed by atoms with van der Waals surface area (Å²) in [5.74, 6) is 0. The van der Waals surface area contributed by atoms with Crippen LogP contribution in [-0.4, -0.2) is 0 Å². The first-order valence-corrected chi connectivity index (χ1v) is 10.8. The molecule has 0 amide bonds. The van der Waals surface area contributed by atoms with E-state index in [2.05, 4.69) is 92.3 Å². The van der Waals surface area contributed by atoms with Crippen LogP contribution < -0.4 is 0 Å². The summed E-state index contributed by atoms with van der Waals surface area (Å²) in [5.41, 5.74) is 10.5. The molecule has 0 saturated heterocycles. The highest BCUT2D eigenvalue weighted by Crippen LogP contribution is 2.46. The molecular formula is C28H40. The molecule has 0 spiro atoms. The second-order valence-electron chi connectivity index (χ2n) is 9.90. The summed E-state index contributed by atoms with van der Waals surface area (Å²) < 4.78 is 0. The Morgan fingerprint density at radius 1 is 1.00 bits per heavy atom. The molecule has 0 aromatic heterocycles. The fourth-order valence-corrected chi connectivity index (χ4v) is 4.33. The number of allylic oxidation sites excluding steroid dienone is 7. The Labute approximate surface area is 174 Å². The van der Waals surface area contributed by atoms with E-state index in [-0.39, 0.29) is 10.8 Å². The Kier molecular flexibility index (Phi) is 6.97. The van der Waals surface area contributed by atoms with Crippen LogP contribution in [0.1, 0.15) is 90.0 Å². The van der Waals surface area contributed by atoms with Gasteiger partial charge in [0.2, 0.25) is 0 Å².